The maximum Gasteiger partial charge on any atom is 0.135 e. The Kier molecular flexibility index (Phi) is 3.51. The average molecular weight is 318 g/mol. The van der Waals surface area contributed by atoms with E-state index >= 15 is 0 Å². The zero-order chi connectivity index (χ0) is 13.2. The Morgan fingerprint density at radius 2 is 2.00 bits per heavy atom. The third-order valence-electron chi connectivity index (χ3n) is 3.47. The Morgan fingerprint density at radius 1 is 1.16 bits per heavy atom. The highest BCUT2D eigenvalue weighted by atomic mass is 79.9. The van der Waals surface area contributed by atoms with Crippen molar-refractivity contribution in [2.45, 2.75) is 32.6 Å². The normalized spacial score (nSPS) is 14.0. The molecule has 98 valence electrons. The van der Waals surface area contributed by atoms with E-state index in [2.05, 4.69) is 49.4 Å². The van der Waals surface area contributed by atoms with Crippen LogP contribution in [0.2, 0.25) is 0 Å². The molecule has 0 bridgehead atoms. The van der Waals surface area contributed by atoms with Gasteiger partial charge in [-0.3, -0.25) is 0 Å². The number of fused-ring (bicyclic) bond motifs is 1. The molecule has 1 aliphatic carbocycles. The van der Waals surface area contributed by atoms with Gasteiger partial charge in [-0.2, -0.15) is 0 Å². The van der Waals surface area contributed by atoms with Gasteiger partial charge in [-0.25, -0.2) is 9.97 Å². The molecule has 19 heavy (non-hydrogen) atoms. The van der Waals surface area contributed by atoms with Crippen molar-refractivity contribution in [1.82, 2.24) is 9.97 Å². The predicted octanol–water partition coefficient (Wildman–Crippen LogP) is 4.17. The minimum Gasteiger partial charge on any atom is -0.340 e. The number of nitrogens with one attached hydrogen (secondary N) is 1. The van der Waals surface area contributed by atoms with Crippen LogP contribution in [0, 0.1) is 6.92 Å². The van der Waals surface area contributed by atoms with E-state index < -0.39 is 0 Å². The first kappa shape index (κ1) is 12.6. The lowest BCUT2D eigenvalue weighted by Crippen LogP contribution is -2.07. The summed E-state index contributed by atoms with van der Waals surface area (Å²) in [5.41, 5.74) is 4.10. The highest BCUT2D eigenvalue weighted by Crippen LogP contribution is 2.29. The van der Waals surface area contributed by atoms with Gasteiger partial charge in [0.05, 0.1) is 0 Å². The summed E-state index contributed by atoms with van der Waals surface area (Å²) >= 11 is 3.41. The highest BCUT2D eigenvalue weighted by Gasteiger charge is 2.13. The summed E-state index contributed by atoms with van der Waals surface area (Å²) in [5, 5.41) is 3.43. The maximum absolute atomic E-state index is 4.43. The number of anilines is 2. The molecule has 0 fully saturated rings. The molecule has 0 spiro atoms. The summed E-state index contributed by atoms with van der Waals surface area (Å²) in [6.07, 6.45) is 4.92. The van der Waals surface area contributed by atoms with Gasteiger partial charge in [0.1, 0.15) is 16.2 Å². The Balaban J connectivity index is 1.95. The molecule has 1 N–H and O–H groups in total. The third kappa shape index (κ3) is 2.78. The van der Waals surface area contributed by atoms with Crippen molar-refractivity contribution in [2.24, 2.45) is 0 Å². The van der Waals surface area contributed by atoms with Crippen molar-refractivity contribution in [3.63, 3.8) is 0 Å². The van der Waals surface area contributed by atoms with E-state index in [1.807, 2.05) is 13.0 Å². The standard InChI is InChI=1S/C15H16BrN3/c1-10-17-14(16)9-15(18-10)19-13-8-4-6-11-5-2-3-7-12(11)13/h4,6,8-9H,2-3,5,7H2,1H3,(H,17,18,19). The number of nitrogens with zero attached hydrogens (tertiary/aromatic N) is 2. The molecule has 2 aromatic rings. The van der Waals surface area contributed by atoms with Crippen LogP contribution in [-0.2, 0) is 12.8 Å². The molecule has 0 amide bonds. The number of hydrogen-bond acceptors (Lipinski definition) is 3. The lowest BCUT2D eigenvalue weighted by atomic mass is 9.90. The average Bonchev–Trinajstić information content (AvgIpc) is 2.38. The van der Waals surface area contributed by atoms with Crippen molar-refractivity contribution >= 4 is 27.4 Å². The highest BCUT2D eigenvalue weighted by molar-refractivity contribution is 9.10. The van der Waals surface area contributed by atoms with E-state index in [9.17, 15) is 0 Å². The number of halogens is 1. The number of benzene rings is 1. The van der Waals surface area contributed by atoms with Crippen LogP contribution in [0.25, 0.3) is 0 Å². The van der Waals surface area contributed by atoms with Gasteiger partial charge in [-0.1, -0.05) is 12.1 Å². The monoisotopic (exact) mass is 317 g/mol. The van der Waals surface area contributed by atoms with E-state index in [0.29, 0.717) is 0 Å². The smallest absolute Gasteiger partial charge is 0.135 e. The molecule has 0 saturated carbocycles. The predicted molar refractivity (Wildman–Crippen MR) is 80.8 cm³/mol. The molecule has 1 aromatic carbocycles. The molecule has 1 aromatic heterocycles. The summed E-state index contributed by atoms with van der Waals surface area (Å²) in [7, 11) is 0. The van der Waals surface area contributed by atoms with Crippen LogP contribution in [0.3, 0.4) is 0 Å². The molecule has 4 heteroatoms. The van der Waals surface area contributed by atoms with E-state index in [4.69, 9.17) is 0 Å². The topological polar surface area (TPSA) is 37.8 Å². The molecule has 3 nitrogen and oxygen atoms in total. The van der Waals surface area contributed by atoms with Crippen molar-refractivity contribution in [3.05, 3.63) is 45.8 Å². The summed E-state index contributed by atoms with van der Waals surface area (Å²) in [6.45, 7) is 1.90. The van der Waals surface area contributed by atoms with Gasteiger partial charge in [0.15, 0.2) is 0 Å². The Labute approximate surface area is 121 Å². The second kappa shape index (κ2) is 5.29. The molecule has 0 aliphatic heterocycles. The van der Waals surface area contributed by atoms with Gasteiger partial charge in [0, 0.05) is 11.8 Å². The van der Waals surface area contributed by atoms with E-state index in [1.54, 1.807) is 0 Å². The second-order valence-electron chi connectivity index (χ2n) is 4.90. The van der Waals surface area contributed by atoms with Gasteiger partial charge in [-0.05, 0) is 65.7 Å². The van der Waals surface area contributed by atoms with Crippen LogP contribution in [0.15, 0.2) is 28.9 Å². The van der Waals surface area contributed by atoms with Crippen LogP contribution < -0.4 is 5.32 Å². The molecule has 1 aliphatic rings. The molecule has 1 heterocycles. The van der Waals surface area contributed by atoms with Crippen LogP contribution in [0.4, 0.5) is 11.5 Å². The third-order valence-corrected chi connectivity index (χ3v) is 3.87. The van der Waals surface area contributed by atoms with Gasteiger partial charge in [0.25, 0.3) is 0 Å². The number of aromatic nitrogens is 2. The summed E-state index contributed by atoms with van der Waals surface area (Å²) < 4.78 is 0.812. The molecular formula is C15H16BrN3. The Bertz CT molecular complexity index is 590. The second-order valence-corrected chi connectivity index (χ2v) is 5.71. The molecule has 3 rings (SSSR count). The van der Waals surface area contributed by atoms with Crippen molar-refractivity contribution in [3.8, 4) is 0 Å². The largest absolute Gasteiger partial charge is 0.340 e. The first-order valence-corrected chi connectivity index (χ1v) is 7.40. The number of aryl methyl sites for hydroxylation is 2. The van der Waals surface area contributed by atoms with Crippen LogP contribution in [0.5, 0.6) is 0 Å². The number of rotatable bonds is 2. The zero-order valence-electron chi connectivity index (χ0n) is 10.9. The quantitative estimate of drug-likeness (QED) is 0.845. The SMILES string of the molecule is Cc1nc(Br)cc(Nc2cccc3c2CCCC3)n1. The number of hydrogen-bond donors (Lipinski definition) is 1. The Hall–Kier alpha value is -1.42. The first-order valence-electron chi connectivity index (χ1n) is 6.61. The van der Waals surface area contributed by atoms with E-state index in [1.165, 1.54) is 36.1 Å². The summed E-state index contributed by atoms with van der Waals surface area (Å²) in [5.74, 6) is 1.61. The van der Waals surface area contributed by atoms with Crippen molar-refractivity contribution < 1.29 is 0 Å². The fourth-order valence-electron chi connectivity index (χ4n) is 2.63. The molecule has 0 radical (unpaired) electrons. The lowest BCUT2D eigenvalue weighted by molar-refractivity contribution is 0.687. The van der Waals surface area contributed by atoms with Crippen molar-refractivity contribution in [1.29, 1.82) is 0 Å². The van der Waals surface area contributed by atoms with Crippen molar-refractivity contribution in [2.75, 3.05) is 5.32 Å². The fourth-order valence-corrected chi connectivity index (χ4v) is 3.11. The summed E-state index contributed by atoms with van der Waals surface area (Å²) in [4.78, 5) is 8.65. The van der Waals surface area contributed by atoms with Crippen LogP contribution in [-0.4, -0.2) is 9.97 Å². The molecule has 0 atom stereocenters. The first-order chi connectivity index (χ1) is 9.22. The minimum absolute atomic E-state index is 0.765. The minimum atomic E-state index is 0.765. The zero-order valence-corrected chi connectivity index (χ0v) is 12.5. The molecule has 0 unspecified atom stereocenters. The van der Waals surface area contributed by atoms with Gasteiger partial charge in [-0.15, -0.1) is 0 Å². The van der Waals surface area contributed by atoms with E-state index in [0.717, 1.165) is 22.7 Å². The van der Waals surface area contributed by atoms with Gasteiger partial charge >= 0.3 is 0 Å². The maximum atomic E-state index is 4.43. The molecule has 0 saturated heterocycles. The Morgan fingerprint density at radius 3 is 2.84 bits per heavy atom. The van der Waals surface area contributed by atoms with Crippen LogP contribution in [0.1, 0.15) is 29.8 Å². The summed E-state index contributed by atoms with van der Waals surface area (Å²) in [6, 6.07) is 8.40. The van der Waals surface area contributed by atoms with Gasteiger partial charge in [0.2, 0.25) is 0 Å². The van der Waals surface area contributed by atoms with Gasteiger partial charge < -0.3 is 5.32 Å². The van der Waals surface area contributed by atoms with E-state index in [-0.39, 0.29) is 0 Å². The fraction of sp³-hybridized carbons (Fsp3) is 0.333. The lowest BCUT2D eigenvalue weighted by Gasteiger charge is -2.20. The van der Waals surface area contributed by atoms with Crippen LogP contribution >= 0.6 is 15.9 Å². The molecular weight excluding hydrogens is 302 g/mol.